The molecular formula is C19H19NO6. The second-order valence-corrected chi connectivity index (χ2v) is 5.23. The fourth-order valence-corrected chi connectivity index (χ4v) is 2.29. The number of phenols is 1. The zero-order valence-corrected chi connectivity index (χ0v) is 14.5. The third-order valence-corrected chi connectivity index (χ3v) is 3.45. The molecular weight excluding hydrogens is 338 g/mol. The Morgan fingerprint density at radius 2 is 1.88 bits per heavy atom. The van der Waals surface area contributed by atoms with Crippen molar-refractivity contribution in [3.8, 4) is 17.2 Å². The lowest BCUT2D eigenvalue weighted by atomic mass is 10.1. The molecule has 7 nitrogen and oxygen atoms in total. The lowest BCUT2D eigenvalue weighted by Gasteiger charge is -2.10. The van der Waals surface area contributed by atoms with Crippen molar-refractivity contribution < 1.29 is 24.3 Å². The van der Waals surface area contributed by atoms with E-state index in [0.29, 0.717) is 35.8 Å². The topological polar surface area (TPSA) is 98.9 Å². The number of nitro benzene ring substituents is 1. The number of nitrogens with zero attached hydrogens (tertiary/aromatic N) is 1. The van der Waals surface area contributed by atoms with Gasteiger partial charge in [0.2, 0.25) is 0 Å². The molecule has 2 aromatic carbocycles. The molecule has 136 valence electrons. The minimum absolute atomic E-state index is 0.328. The van der Waals surface area contributed by atoms with E-state index in [2.05, 4.69) is 0 Å². The van der Waals surface area contributed by atoms with Crippen LogP contribution in [0.5, 0.6) is 17.2 Å². The molecule has 26 heavy (non-hydrogen) atoms. The molecule has 0 aliphatic rings. The van der Waals surface area contributed by atoms with Gasteiger partial charge in [-0.25, -0.2) is 0 Å². The summed E-state index contributed by atoms with van der Waals surface area (Å²) < 4.78 is 10.9. The molecule has 2 rings (SSSR count). The number of ketones is 1. The molecule has 0 saturated heterocycles. The number of carbonyl (C=O) groups excluding carboxylic acids is 1. The zero-order chi connectivity index (χ0) is 19.1. The molecule has 0 unspecified atom stereocenters. The molecule has 0 fully saturated rings. The quantitative estimate of drug-likeness (QED) is 0.332. The van der Waals surface area contributed by atoms with Crippen molar-refractivity contribution in [2.45, 2.75) is 13.8 Å². The summed E-state index contributed by atoms with van der Waals surface area (Å²) in [6.07, 6.45) is 2.74. The van der Waals surface area contributed by atoms with E-state index in [1.165, 1.54) is 30.4 Å². The van der Waals surface area contributed by atoms with Gasteiger partial charge in [0, 0.05) is 6.07 Å². The number of aromatic hydroxyl groups is 1. The van der Waals surface area contributed by atoms with Gasteiger partial charge in [-0.2, -0.15) is 0 Å². The van der Waals surface area contributed by atoms with Crippen LogP contribution in [0, 0.1) is 10.1 Å². The van der Waals surface area contributed by atoms with Gasteiger partial charge in [-0.3, -0.25) is 14.9 Å². The van der Waals surface area contributed by atoms with E-state index in [0.717, 1.165) is 0 Å². The van der Waals surface area contributed by atoms with Crippen LogP contribution in [0.15, 0.2) is 42.5 Å². The van der Waals surface area contributed by atoms with Crippen LogP contribution < -0.4 is 9.47 Å². The molecule has 0 heterocycles. The number of benzene rings is 2. The molecule has 0 saturated carbocycles. The molecule has 0 radical (unpaired) electrons. The summed E-state index contributed by atoms with van der Waals surface area (Å²) in [5.41, 5.74) is 0.331. The summed E-state index contributed by atoms with van der Waals surface area (Å²) in [4.78, 5) is 22.7. The smallest absolute Gasteiger partial charge is 0.311 e. The van der Waals surface area contributed by atoms with Crippen LogP contribution in [-0.4, -0.2) is 29.0 Å². The molecule has 1 N–H and O–H groups in total. The third-order valence-electron chi connectivity index (χ3n) is 3.45. The van der Waals surface area contributed by atoms with Crippen molar-refractivity contribution >= 4 is 17.5 Å². The van der Waals surface area contributed by atoms with Crippen molar-refractivity contribution in [3.05, 3.63) is 63.7 Å². The summed E-state index contributed by atoms with van der Waals surface area (Å²) in [5, 5.41) is 20.3. The predicted molar refractivity (Wildman–Crippen MR) is 96.9 cm³/mol. The van der Waals surface area contributed by atoms with Crippen LogP contribution >= 0.6 is 0 Å². The van der Waals surface area contributed by atoms with E-state index < -0.39 is 16.4 Å². The third kappa shape index (κ3) is 4.60. The fourth-order valence-electron chi connectivity index (χ4n) is 2.29. The number of hydrogen-bond acceptors (Lipinski definition) is 6. The Labute approximate surface area is 150 Å². The second-order valence-electron chi connectivity index (χ2n) is 5.23. The van der Waals surface area contributed by atoms with Gasteiger partial charge in [0.1, 0.15) is 11.5 Å². The van der Waals surface area contributed by atoms with Crippen molar-refractivity contribution in [3.63, 3.8) is 0 Å². The predicted octanol–water partition coefficient (Wildman–Crippen LogP) is 3.99. The van der Waals surface area contributed by atoms with Crippen LogP contribution in [0.1, 0.15) is 29.8 Å². The molecule has 7 heteroatoms. The molecule has 0 aromatic heterocycles. The second kappa shape index (κ2) is 8.66. The highest BCUT2D eigenvalue weighted by Crippen LogP contribution is 2.28. The summed E-state index contributed by atoms with van der Waals surface area (Å²) in [5.74, 6) is 0.225. The highest BCUT2D eigenvalue weighted by Gasteiger charge is 2.14. The van der Waals surface area contributed by atoms with Gasteiger partial charge in [-0.15, -0.1) is 0 Å². The van der Waals surface area contributed by atoms with Crippen molar-refractivity contribution in [1.82, 2.24) is 0 Å². The molecule has 0 aliphatic heterocycles. The number of allylic oxidation sites excluding steroid dienone is 1. The Kier molecular flexibility index (Phi) is 6.32. The highest BCUT2D eigenvalue weighted by molar-refractivity contribution is 6.09. The van der Waals surface area contributed by atoms with Gasteiger partial charge in [0.15, 0.2) is 11.5 Å². The van der Waals surface area contributed by atoms with Gasteiger partial charge in [-0.1, -0.05) is 12.1 Å². The van der Waals surface area contributed by atoms with E-state index in [4.69, 9.17) is 9.47 Å². The average molecular weight is 357 g/mol. The Morgan fingerprint density at radius 3 is 2.54 bits per heavy atom. The maximum atomic E-state index is 12.6. The first-order valence-corrected chi connectivity index (χ1v) is 8.05. The normalized spacial score (nSPS) is 10.7. The molecule has 0 amide bonds. The van der Waals surface area contributed by atoms with Crippen LogP contribution in [0.2, 0.25) is 0 Å². The molecule has 0 spiro atoms. The standard InChI is InChI=1S/C19H19NO6/c1-3-25-14-7-10-19(26-4-2)15(12-14)17(21)8-5-13-6-9-18(22)16(11-13)20(23)24/h5-12,22H,3-4H2,1-2H3/b8-5+. The van der Waals surface area contributed by atoms with E-state index in [9.17, 15) is 20.0 Å². The maximum absolute atomic E-state index is 12.6. The maximum Gasteiger partial charge on any atom is 0.311 e. The number of rotatable bonds is 8. The SMILES string of the molecule is CCOc1ccc(OCC)c(C(=O)/C=C/c2ccc(O)c([N+](=O)[O-])c2)c1. The largest absolute Gasteiger partial charge is 0.502 e. The van der Waals surface area contributed by atoms with Crippen molar-refractivity contribution in [2.24, 2.45) is 0 Å². The molecule has 2 aromatic rings. The molecule has 0 aliphatic carbocycles. The Balaban J connectivity index is 2.31. The Hall–Kier alpha value is -3.35. The van der Waals surface area contributed by atoms with E-state index in [-0.39, 0.29) is 5.78 Å². The van der Waals surface area contributed by atoms with Gasteiger partial charge in [-0.05, 0) is 49.8 Å². The zero-order valence-electron chi connectivity index (χ0n) is 14.5. The summed E-state index contributed by atoms with van der Waals surface area (Å²) in [6.45, 7) is 4.53. The number of phenolic OH excluding ortho intramolecular Hbond substituents is 1. The van der Waals surface area contributed by atoms with E-state index in [1.54, 1.807) is 18.2 Å². The lowest BCUT2D eigenvalue weighted by molar-refractivity contribution is -0.385. The van der Waals surface area contributed by atoms with Gasteiger partial charge in [0.05, 0.1) is 23.7 Å². The van der Waals surface area contributed by atoms with Gasteiger partial charge >= 0.3 is 5.69 Å². The van der Waals surface area contributed by atoms with E-state index in [1.807, 2.05) is 13.8 Å². The minimum Gasteiger partial charge on any atom is -0.502 e. The summed E-state index contributed by atoms with van der Waals surface area (Å²) in [7, 11) is 0. The number of ether oxygens (including phenoxy) is 2. The highest BCUT2D eigenvalue weighted by atomic mass is 16.6. The summed E-state index contributed by atoms with van der Waals surface area (Å²) in [6, 6.07) is 8.87. The molecule has 0 bridgehead atoms. The van der Waals surface area contributed by atoms with Crippen molar-refractivity contribution in [1.29, 1.82) is 0 Å². The number of hydrogen-bond donors (Lipinski definition) is 1. The monoisotopic (exact) mass is 357 g/mol. The lowest BCUT2D eigenvalue weighted by Crippen LogP contribution is -2.03. The van der Waals surface area contributed by atoms with Crippen LogP contribution in [0.4, 0.5) is 5.69 Å². The molecule has 0 atom stereocenters. The van der Waals surface area contributed by atoms with Gasteiger partial charge in [0.25, 0.3) is 0 Å². The fraction of sp³-hybridized carbons (Fsp3) is 0.211. The first kappa shape index (κ1) is 19.0. The number of nitro groups is 1. The minimum atomic E-state index is -0.687. The Bertz CT molecular complexity index is 844. The first-order chi connectivity index (χ1) is 12.5. The van der Waals surface area contributed by atoms with Crippen LogP contribution in [-0.2, 0) is 0 Å². The van der Waals surface area contributed by atoms with E-state index >= 15 is 0 Å². The Morgan fingerprint density at radius 1 is 1.15 bits per heavy atom. The summed E-state index contributed by atoms with van der Waals surface area (Å²) >= 11 is 0. The average Bonchev–Trinajstić information content (AvgIpc) is 2.62. The van der Waals surface area contributed by atoms with Gasteiger partial charge < -0.3 is 14.6 Å². The first-order valence-electron chi connectivity index (χ1n) is 8.05. The van der Waals surface area contributed by atoms with Crippen molar-refractivity contribution in [2.75, 3.05) is 13.2 Å². The van der Waals surface area contributed by atoms with Crippen LogP contribution in [0.25, 0.3) is 6.08 Å². The number of carbonyl (C=O) groups is 1. The van der Waals surface area contributed by atoms with Crippen LogP contribution in [0.3, 0.4) is 0 Å².